The molecule has 0 aliphatic rings. The maximum absolute atomic E-state index is 5.95. The first kappa shape index (κ1) is 12.9. The largest absolute Gasteiger partial charge is 0.439 e. The monoisotopic (exact) mass is 262 g/mol. The molecule has 0 amide bonds. The fraction of sp³-hybridized carbons (Fsp3) is 0.214. The normalized spacial score (nSPS) is 12.2. The van der Waals surface area contributed by atoms with Gasteiger partial charge < -0.3 is 10.5 Å². The quantitative estimate of drug-likeness (QED) is 0.914. The van der Waals surface area contributed by atoms with Crippen molar-refractivity contribution in [3.63, 3.8) is 0 Å². The lowest BCUT2D eigenvalue weighted by Crippen LogP contribution is -2.05. The maximum Gasteiger partial charge on any atom is 0.219 e. The second kappa shape index (κ2) is 5.38. The van der Waals surface area contributed by atoms with Gasteiger partial charge in [-0.05, 0) is 43.2 Å². The summed E-state index contributed by atoms with van der Waals surface area (Å²) in [6.07, 6.45) is 1.72. The number of nitrogens with zero attached hydrogens (tertiary/aromatic N) is 1. The first-order valence-corrected chi connectivity index (χ1v) is 6.09. The van der Waals surface area contributed by atoms with Gasteiger partial charge in [0, 0.05) is 23.3 Å². The predicted octanol–water partition coefficient (Wildman–Crippen LogP) is 3.86. The Bertz CT molecular complexity index is 538. The molecule has 0 bridgehead atoms. The zero-order valence-corrected chi connectivity index (χ0v) is 11.1. The van der Waals surface area contributed by atoms with Gasteiger partial charge in [0.15, 0.2) is 0 Å². The summed E-state index contributed by atoms with van der Waals surface area (Å²) in [5, 5.41) is 0.725. The Balaban J connectivity index is 2.15. The van der Waals surface area contributed by atoms with Gasteiger partial charge >= 0.3 is 0 Å². The number of aromatic nitrogens is 1. The number of rotatable bonds is 3. The van der Waals surface area contributed by atoms with E-state index in [9.17, 15) is 0 Å². The molecule has 18 heavy (non-hydrogen) atoms. The van der Waals surface area contributed by atoms with Crippen molar-refractivity contribution in [3.8, 4) is 11.6 Å². The molecule has 1 aromatic heterocycles. The summed E-state index contributed by atoms with van der Waals surface area (Å²) in [5.74, 6) is 1.26. The molecule has 0 spiro atoms. The number of ether oxygens (including phenoxy) is 1. The molecule has 1 atom stereocenters. The predicted molar refractivity (Wildman–Crippen MR) is 73.1 cm³/mol. The Hall–Kier alpha value is -1.58. The molecule has 2 rings (SSSR count). The van der Waals surface area contributed by atoms with E-state index in [0.717, 1.165) is 21.9 Å². The van der Waals surface area contributed by atoms with Crippen LogP contribution in [0.25, 0.3) is 0 Å². The van der Waals surface area contributed by atoms with E-state index in [1.165, 1.54) is 0 Å². The number of pyridine rings is 1. The molecule has 0 aliphatic carbocycles. The van der Waals surface area contributed by atoms with Crippen LogP contribution in [0.3, 0.4) is 0 Å². The zero-order chi connectivity index (χ0) is 13.1. The van der Waals surface area contributed by atoms with Gasteiger partial charge in [-0.25, -0.2) is 4.98 Å². The number of nitrogens with two attached hydrogens (primary N) is 1. The highest BCUT2D eigenvalue weighted by Crippen LogP contribution is 2.25. The smallest absolute Gasteiger partial charge is 0.219 e. The van der Waals surface area contributed by atoms with E-state index in [-0.39, 0.29) is 6.04 Å². The Morgan fingerprint density at radius 2 is 2.06 bits per heavy atom. The van der Waals surface area contributed by atoms with Gasteiger partial charge in [-0.15, -0.1) is 0 Å². The minimum Gasteiger partial charge on any atom is -0.439 e. The van der Waals surface area contributed by atoms with E-state index in [2.05, 4.69) is 4.98 Å². The van der Waals surface area contributed by atoms with Gasteiger partial charge in [-0.1, -0.05) is 17.7 Å². The molecular weight excluding hydrogens is 248 g/mol. The summed E-state index contributed by atoms with van der Waals surface area (Å²) < 4.78 is 5.64. The van der Waals surface area contributed by atoms with Gasteiger partial charge in [0.1, 0.15) is 5.75 Å². The summed E-state index contributed by atoms with van der Waals surface area (Å²) in [7, 11) is 0. The average molecular weight is 263 g/mol. The van der Waals surface area contributed by atoms with Crippen LogP contribution >= 0.6 is 11.6 Å². The second-order valence-corrected chi connectivity index (χ2v) is 4.64. The summed E-state index contributed by atoms with van der Waals surface area (Å²) in [6.45, 7) is 3.85. The van der Waals surface area contributed by atoms with Gasteiger partial charge in [0.05, 0.1) is 0 Å². The molecular formula is C14H15ClN2O. The van der Waals surface area contributed by atoms with Crippen molar-refractivity contribution in [2.75, 3.05) is 0 Å². The third kappa shape index (κ3) is 3.00. The van der Waals surface area contributed by atoms with Crippen molar-refractivity contribution in [1.82, 2.24) is 4.98 Å². The topological polar surface area (TPSA) is 48.1 Å². The second-order valence-electron chi connectivity index (χ2n) is 4.23. The van der Waals surface area contributed by atoms with Gasteiger partial charge in [-0.2, -0.15) is 0 Å². The molecule has 0 fully saturated rings. The Morgan fingerprint density at radius 3 is 2.61 bits per heavy atom. The van der Waals surface area contributed by atoms with Gasteiger partial charge in [-0.3, -0.25) is 0 Å². The standard InChI is InChI=1S/C14H15ClN2O/c1-9-7-12(4-5-13(9)15)18-14-6-3-11(8-17-14)10(2)16/h3-8,10H,16H2,1-2H3/t10-/m1/s1. The van der Waals surface area contributed by atoms with Crippen molar-refractivity contribution in [2.45, 2.75) is 19.9 Å². The summed E-state index contributed by atoms with van der Waals surface area (Å²) in [6, 6.07) is 9.20. The molecule has 0 saturated carbocycles. The summed E-state index contributed by atoms with van der Waals surface area (Å²) in [4.78, 5) is 4.21. The van der Waals surface area contributed by atoms with Crippen molar-refractivity contribution in [2.24, 2.45) is 5.73 Å². The highest BCUT2D eigenvalue weighted by atomic mass is 35.5. The van der Waals surface area contributed by atoms with Crippen LogP contribution in [0.15, 0.2) is 36.5 Å². The maximum atomic E-state index is 5.95. The number of halogens is 1. The van der Waals surface area contributed by atoms with E-state index in [0.29, 0.717) is 5.88 Å². The molecule has 2 aromatic rings. The molecule has 1 aromatic carbocycles. The molecule has 0 unspecified atom stereocenters. The third-order valence-corrected chi connectivity index (χ3v) is 3.06. The molecule has 3 nitrogen and oxygen atoms in total. The van der Waals surface area contributed by atoms with E-state index in [1.807, 2.05) is 44.2 Å². The van der Waals surface area contributed by atoms with E-state index in [1.54, 1.807) is 6.20 Å². The Kier molecular flexibility index (Phi) is 3.84. The summed E-state index contributed by atoms with van der Waals surface area (Å²) in [5.41, 5.74) is 7.71. The van der Waals surface area contributed by atoms with Crippen LogP contribution < -0.4 is 10.5 Å². The molecule has 4 heteroatoms. The lowest BCUT2D eigenvalue weighted by atomic mass is 10.2. The van der Waals surface area contributed by atoms with E-state index >= 15 is 0 Å². The molecule has 0 saturated heterocycles. The fourth-order valence-corrected chi connectivity index (χ4v) is 1.64. The van der Waals surface area contributed by atoms with E-state index in [4.69, 9.17) is 22.1 Å². The van der Waals surface area contributed by atoms with Crippen LogP contribution in [0.4, 0.5) is 0 Å². The molecule has 1 heterocycles. The first-order chi connectivity index (χ1) is 8.56. The van der Waals surface area contributed by atoms with Crippen LogP contribution in [-0.4, -0.2) is 4.98 Å². The molecule has 2 N–H and O–H groups in total. The highest BCUT2D eigenvalue weighted by Gasteiger charge is 2.03. The minimum absolute atomic E-state index is 0.0238. The fourth-order valence-electron chi connectivity index (χ4n) is 1.52. The van der Waals surface area contributed by atoms with Gasteiger partial charge in [0.2, 0.25) is 5.88 Å². The highest BCUT2D eigenvalue weighted by molar-refractivity contribution is 6.31. The van der Waals surface area contributed by atoms with Crippen LogP contribution in [-0.2, 0) is 0 Å². The minimum atomic E-state index is -0.0238. The average Bonchev–Trinajstić information content (AvgIpc) is 2.34. The Labute approximate surface area is 112 Å². The number of aryl methyl sites for hydroxylation is 1. The van der Waals surface area contributed by atoms with Crippen molar-refractivity contribution in [3.05, 3.63) is 52.7 Å². The lowest BCUT2D eigenvalue weighted by molar-refractivity contribution is 0.462. The van der Waals surface area contributed by atoms with Crippen molar-refractivity contribution < 1.29 is 4.74 Å². The Morgan fingerprint density at radius 1 is 1.28 bits per heavy atom. The first-order valence-electron chi connectivity index (χ1n) is 5.72. The van der Waals surface area contributed by atoms with Crippen LogP contribution in [0.1, 0.15) is 24.1 Å². The van der Waals surface area contributed by atoms with Crippen LogP contribution in [0.2, 0.25) is 5.02 Å². The number of benzene rings is 1. The number of hydrogen-bond acceptors (Lipinski definition) is 3. The van der Waals surface area contributed by atoms with Crippen LogP contribution in [0.5, 0.6) is 11.6 Å². The molecule has 0 aliphatic heterocycles. The van der Waals surface area contributed by atoms with Gasteiger partial charge in [0.25, 0.3) is 0 Å². The summed E-state index contributed by atoms with van der Waals surface area (Å²) >= 11 is 5.95. The third-order valence-electron chi connectivity index (χ3n) is 2.64. The number of hydrogen-bond donors (Lipinski definition) is 1. The zero-order valence-electron chi connectivity index (χ0n) is 10.4. The van der Waals surface area contributed by atoms with E-state index < -0.39 is 0 Å². The van der Waals surface area contributed by atoms with Crippen molar-refractivity contribution >= 4 is 11.6 Å². The van der Waals surface area contributed by atoms with Crippen LogP contribution in [0, 0.1) is 6.92 Å². The SMILES string of the molecule is Cc1cc(Oc2ccc([C@@H](C)N)cn2)ccc1Cl. The van der Waals surface area contributed by atoms with Crippen molar-refractivity contribution in [1.29, 1.82) is 0 Å². The molecule has 94 valence electrons. The molecule has 0 radical (unpaired) electrons. The lowest BCUT2D eigenvalue weighted by Gasteiger charge is -2.08.